The highest BCUT2D eigenvalue weighted by molar-refractivity contribution is 7.99. The Morgan fingerprint density at radius 2 is 1.94 bits per heavy atom. The van der Waals surface area contributed by atoms with E-state index in [1.54, 1.807) is 24.3 Å². The minimum Gasteiger partial charge on any atom is -0.397 e. The number of anilines is 1. The Balaban J connectivity index is 1.96. The van der Waals surface area contributed by atoms with Crippen molar-refractivity contribution in [1.29, 1.82) is 0 Å². The molecule has 0 amide bonds. The van der Waals surface area contributed by atoms with E-state index in [4.69, 9.17) is 5.73 Å². The summed E-state index contributed by atoms with van der Waals surface area (Å²) in [6.45, 7) is 0. The molecule has 0 aromatic carbocycles. The zero-order chi connectivity index (χ0) is 12.4. The largest absolute Gasteiger partial charge is 0.397 e. The van der Waals surface area contributed by atoms with Gasteiger partial charge in [-0.25, -0.2) is 15.0 Å². The monoisotopic (exact) mass is 258 g/mol. The number of hydrogen-bond acceptors (Lipinski definition) is 5. The molecule has 0 saturated carbocycles. The molecule has 0 spiro atoms. The Bertz CT molecular complexity index is 571. The van der Waals surface area contributed by atoms with Gasteiger partial charge >= 0.3 is 0 Å². The van der Waals surface area contributed by atoms with Crippen molar-refractivity contribution >= 4 is 17.4 Å². The standard InChI is InChI=1S/C13H14N4S/c14-10-5-3-7-15-13(10)18-12-9-4-1-2-6-11(9)16-8-17-12/h3,5,7-8H,1-2,4,6,14H2. The highest BCUT2D eigenvalue weighted by Gasteiger charge is 2.17. The molecule has 0 saturated heterocycles. The summed E-state index contributed by atoms with van der Waals surface area (Å²) in [7, 11) is 0. The first-order valence-corrected chi connectivity index (χ1v) is 6.87. The molecule has 1 aliphatic rings. The number of pyridine rings is 1. The van der Waals surface area contributed by atoms with Gasteiger partial charge < -0.3 is 5.73 Å². The number of aryl methyl sites for hydroxylation is 1. The summed E-state index contributed by atoms with van der Waals surface area (Å²) in [5, 5.41) is 1.83. The van der Waals surface area contributed by atoms with E-state index in [2.05, 4.69) is 15.0 Å². The van der Waals surface area contributed by atoms with E-state index < -0.39 is 0 Å². The van der Waals surface area contributed by atoms with E-state index in [1.165, 1.54) is 24.1 Å². The molecule has 0 bridgehead atoms. The third-order valence-corrected chi connectivity index (χ3v) is 4.16. The minimum atomic E-state index is 0.700. The first kappa shape index (κ1) is 11.5. The fourth-order valence-corrected chi connectivity index (χ4v) is 3.08. The summed E-state index contributed by atoms with van der Waals surface area (Å²) in [6, 6.07) is 3.71. The smallest absolute Gasteiger partial charge is 0.125 e. The minimum absolute atomic E-state index is 0.700. The molecule has 18 heavy (non-hydrogen) atoms. The molecule has 2 aromatic rings. The summed E-state index contributed by atoms with van der Waals surface area (Å²) in [5.74, 6) is 0. The van der Waals surface area contributed by atoms with Gasteiger partial charge in [-0.3, -0.25) is 0 Å². The van der Waals surface area contributed by atoms with E-state index in [1.807, 2.05) is 12.1 Å². The van der Waals surface area contributed by atoms with Crippen LogP contribution < -0.4 is 5.73 Å². The highest BCUT2D eigenvalue weighted by atomic mass is 32.2. The Morgan fingerprint density at radius 3 is 2.83 bits per heavy atom. The predicted molar refractivity (Wildman–Crippen MR) is 71.4 cm³/mol. The maximum Gasteiger partial charge on any atom is 0.125 e. The number of hydrogen-bond donors (Lipinski definition) is 1. The molecule has 1 aliphatic carbocycles. The van der Waals surface area contributed by atoms with Gasteiger partial charge in [0, 0.05) is 17.5 Å². The quantitative estimate of drug-likeness (QED) is 0.838. The lowest BCUT2D eigenvalue weighted by Crippen LogP contribution is -2.08. The summed E-state index contributed by atoms with van der Waals surface area (Å²) in [5.41, 5.74) is 9.08. The second-order valence-corrected chi connectivity index (χ2v) is 5.29. The van der Waals surface area contributed by atoms with Crippen LogP contribution in [0.25, 0.3) is 0 Å². The fourth-order valence-electron chi connectivity index (χ4n) is 2.16. The molecule has 0 atom stereocenters. The van der Waals surface area contributed by atoms with Crippen LogP contribution >= 0.6 is 11.8 Å². The molecule has 5 heteroatoms. The maximum absolute atomic E-state index is 5.92. The Hall–Kier alpha value is -1.62. The maximum atomic E-state index is 5.92. The van der Waals surface area contributed by atoms with E-state index in [0.29, 0.717) is 5.69 Å². The molecule has 0 fully saturated rings. The number of nitrogen functional groups attached to an aromatic ring is 1. The highest BCUT2D eigenvalue weighted by Crippen LogP contribution is 2.33. The molecule has 4 nitrogen and oxygen atoms in total. The van der Waals surface area contributed by atoms with Gasteiger partial charge in [0.2, 0.25) is 0 Å². The van der Waals surface area contributed by atoms with Crippen molar-refractivity contribution in [2.24, 2.45) is 0 Å². The van der Waals surface area contributed by atoms with Crippen LogP contribution in [0.15, 0.2) is 34.7 Å². The lowest BCUT2D eigenvalue weighted by molar-refractivity contribution is 0.645. The van der Waals surface area contributed by atoms with Crippen LogP contribution in [0.4, 0.5) is 5.69 Å². The molecule has 3 rings (SSSR count). The van der Waals surface area contributed by atoms with Gasteiger partial charge in [0.1, 0.15) is 16.4 Å². The molecular weight excluding hydrogens is 244 g/mol. The zero-order valence-corrected chi connectivity index (χ0v) is 10.8. The van der Waals surface area contributed by atoms with Gasteiger partial charge in [-0.15, -0.1) is 0 Å². The number of nitrogens with zero attached hydrogens (tertiary/aromatic N) is 3. The van der Waals surface area contributed by atoms with Crippen LogP contribution in [0.2, 0.25) is 0 Å². The van der Waals surface area contributed by atoms with Crippen molar-refractivity contribution in [3.63, 3.8) is 0 Å². The van der Waals surface area contributed by atoms with Crippen LogP contribution in [0.3, 0.4) is 0 Å². The number of aromatic nitrogens is 3. The van der Waals surface area contributed by atoms with Crippen LogP contribution in [-0.2, 0) is 12.8 Å². The molecule has 0 radical (unpaired) electrons. The predicted octanol–water partition coefficient (Wildman–Crippen LogP) is 2.48. The van der Waals surface area contributed by atoms with Crippen LogP contribution in [0.1, 0.15) is 24.1 Å². The van der Waals surface area contributed by atoms with E-state index >= 15 is 0 Å². The van der Waals surface area contributed by atoms with Crippen molar-refractivity contribution in [3.05, 3.63) is 35.9 Å². The second kappa shape index (κ2) is 4.94. The van der Waals surface area contributed by atoms with E-state index in [9.17, 15) is 0 Å². The number of nitrogens with two attached hydrogens (primary N) is 1. The first-order valence-electron chi connectivity index (χ1n) is 6.05. The number of fused-ring (bicyclic) bond motifs is 1. The Morgan fingerprint density at radius 1 is 1.06 bits per heavy atom. The van der Waals surface area contributed by atoms with Crippen molar-refractivity contribution in [2.45, 2.75) is 35.7 Å². The summed E-state index contributed by atoms with van der Waals surface area (Å²) in [4.78, 5) is 13.1. The second-order valence-electron chi connectivity index (χ2n) is 4.31. The topological polar surface area (TPSA) is 64.7 Å². The molecule has 2 aromatic heterocycles. The molecule has 2 N–H and O–H groups in total. The molecule has 0 unspecified atom stereocenters. The van der Waals surface area contributed by atoms with Gasteiger partial charge in [0.05, 0.1) is 5.69 Å². The third-order valence-electron chi connectivity index (χ3n) is 3.08. The Kier molecular flexibility index (Phi) is 3.15. The average molecular weight is 258 g/mol. The van der Waals surface area contributed by atoms with Gasteiger partial charge in [-0.1, -0.05) is 0 Å². The van der Waals surface area contributed by atoms with Gasteiger partial charge in [0.15, 0.2) is 0 Å². The molecular formula is C13H14N4S. The van der Waals surface area contributed by atoms with Crippen LogP contribution in [0.5, 0.6) is 0 Å². The first-order chi connectivity index (χ1) is 8.84. The van der Waals surface area contributed by atoms with Gasteiger partial charge in [-0.2, -0.15) is 0 Å². The van der Waals surface area contributed by atoms with Gasteiger partial charge in [0.25, 0.3) is 0 Å². The Labute approximate surface area is 110 Å². The van der Waals surface area contributed by atoms with Crippen molar-refractivity contribution in [2.75, 3.05) is 5.73 Å². The van der Waals surface area contributed by atoms with E-state index in [-0.39, 0.29) is 0 Å². The lowest BCUT2D eigenvalue weighted by atomic mass is 9.98. The lowest BCUT2D eigenvalue weighted by Gasteiger charge is -2.16. The number of rotatable bonds is 2. The van der Waals surface area contributed by atoms with Gasteiger partial charge in [-0.05, 0) is 49.6 Å². The summed E-state index contributed by atoms with van der Waals surface area (Å²) in [6.07, 6.45) is 7.96. The normalized spacial score (nSPS) is 14.2. The SMILES string of the molecule is Nc1cccnc1Sc1ncnc2c1CCCC2. The average Bonchev–Trinajstić information content (AvgIpc) is 2.42. The molecule has 2 heterocycles. The van der Waals surface area contributed by atoms with Crippen LogP contribution in [-0.4, -0.2) is 15.0 Å². The summed E-state index contributed by atoms with van der Waals surface area (Å²) < 4.78 is 0. The fraction of sp³-hybridized carbons (Fsp3) is 0.308. The molecule has 0 aliphatic heterocycles. The van der Waals surface area contributed by atoms with Crippen molar-refractivity contribution < 1.29 is 0 Å². The van der Waals surface area contributed by atoms with Crippen molar-refractivity contribution in [3.8, 4) is 0 Å². The summed E-state index contributed by atoms with van der Waals surface area (Å²) >= 11 is 1.54. The molecule has 92 valence electrons. The van der Waals surface area contributed by atoms with Crippen LogP contribution in [0, 0.1) is 0 Å². The van der Waals surface area contributed by atoms with E-state index in [0.717, 1.165) is 22.9 Å². The zero-order valence-electron chi connectivity index (χ0n) is 9.97. The van der Waals surface area contributed by atoms with Crippen molar-refractivity contribution in [1.82, 2.24) is 15.0 Å². The third kappa shape index (κ3) is 2.18.